The fourth-order valence-electron chi connectivity index (χ4n) is 3.50. The third kappa shape index (κ3) is 2.65. The van der Waals surface area contributed by atoms with Gasteiger partial charge in [0.1, 0.15) is 0 Å². The molecule has 2 nitrogen and oxygen atoms in total. The minimum Gasteiger partial charge on any atom is -0.316 e. The van der Waals surface area contributed by atoms with Gasteiger partial charge in [-0.2, -0.15) is 0 Å². The van der Waals surface area contributed by atoms with E-state index in [0.717, 1.165) is 32.6 Å². The standard InChI is InChI=1S/C15H20F2N2/c16-13-4-1-3-12(14(13)17)9-19-8-2-5-15(11-19)6-7-18-10-15/h1,3-4,18H,2,5-11H2. The summed E-state index contributed by atoms with van der Waals surface area (Å²) in [4.78, 5) is 2.27. The molecular formula is C15H20F2N2. The quantitative estimate of drug-likeness (QED) is 0.885. The van der Waals surface area contributed by atoms with Crippen molar-refractivity contribution in [2.45, 2.75) is 25.8 Å². The molecule has 1 spiro atoms. The number of likely N-dealkylation sites (tertiary alicyclic amines) is 1. The highest BCUT2D eigenvalue weighted by molar-refractivity contribution is 5.19. The van der Waals surface area contributed by atoms with E-state index in [1.54, 1.807) is 12.1 Å². The molecule has 1 aromatic carbocycles. The van der Waals surface area contributed by atoms with Crippen LogP contribution in [0.2, 0.25) is 0 Å². The van der Waals surface area contributed by atoms with E-state index in [1.165, 1.54) is 18.9 Å². The summed E-state index contributed by atoms with van der Waals surface area (Å²) in [5.41, 5.74) is 0.838. The Morgan fingerprint density at radius 1 is 1.26 bits per heavy atom. The molecule has 0 saturated carbocycles. The summed E-state index contributed by atoms with van der Waals surface area (Å²) >= 11 is 0. The van der Waals surface area contributed by atoms with Gasteiger partial charge in [-0.05, 0) is 43.8 Å². The Hall–Kier alpha value is -1.00. The zero-order valence-electron chi connectivity index (χ0n) is 11.1. The van der Waals surface area contributed by atoms with Crippen LogP contribution in [0, 0.1) is 17.0 Å². The monoisotopic (exact) mass is 266 g/mol. The Morgan fingerprint density at radius 2 is 2.16 bits per heavy atom. The van der Waals surface area contributed by atoms with Crippen LogP contribution < -0.4 is 5.32 Å². The molecule has 4 heteroatoms. The zero-order chi connectivity index (χ0) is 13.3. The van der Waals surface area contributed by atoms with Crippen molar-refractivity contribution in [2.75, 3.05) is 26.2 Å². The second kappa shape index (κ2) is 5.17. The van der Waals surface area contributed by atoms with E-state index >= 15 is 0 Å². The van der Waals surface area contributed by atoms with Gasteiger partial charge < -0.3 is 5.32 Å². The van der Waals surface area contributed by atoms with Gasteiger partial charge in [0.2, 0.25) is 0 Å². The maximum atomic E-state index is 13.7. The third-order valence-corrected chi connectivity index (χ3v) is 4.50. The highest BCUT2D eigenvalue weighted by Gasteiger charge is 2.37. The maximum absolute atomic E-state index is 13.7. The molecule has 1 atom stereocenters. The minimum absolute atomic E-state index is 0.363. The van der Waals surface area contributed by atoms with Crippen molar-refractivity contribution in [1.82, 2.24) is 10.2 Å². The number of benzene rings is 1. The molecule has 104 valence electrons. The van der Waals surface area contributed by atoms with E-state index in [2.05, 4.69) is 10.2 Å². The van der Waals surface area contributed by atoms with Crippen LogP contribution in [0.5, 0.6) is 0 Å². The number of rotatable bonds is 2. The lowest BCUT2D eigenvalue weighted by Gasteiger charge is -2.40. The summed E-state index contributed by atoms with van der Waals surface area (Å²) < 4.78 is 26.9. The lowest BCUT2D eigenvalue weighted by atomic mass is 9.79. The van der Waals surface area contributed by atoms with Gasteiger partial charge in [0.05, 0.1) is 0 Å². The molecule has 0 bridgehead atoms. The molecule has 2 saturated heterocycles. The van der Waals surface area contributed by atoms with E-state index in [9.17, 15) is 8.78 Å². The maximum Gasteiger partial charge on any atom is 0.163 e. The molecule has 0 amide bonds. The Morgan fingerprint density at radius 3 is 2.95 bits per heavy atom. The van der Waals surface area contributed by atoms with Gasteiger partial charge in [0.25, 0.3) is 0 Å². The Kier molecular flexibility index (Phi) is 3.54. The van der Waals surface area contributed by atoms with E-state index in [1.807, 2.05) is 0 Å². The summed E-state index contributed by atoms with van der Waals surface area (Å²) in [5, 5.41) is 3.43. The van der Waals surface area contributed by atoms with Crippen LogP contribution >= 0.6 is 0 Å². The van der Waals surface area contributed by atoms with Crippen molar-refractivity contribution in [2.24, 2.45) is 5.41 Å². The minimum atomic E-state index is -0.744. The number of nitrogens with one attached hydrogen (secondary N) is 1. The van der Waals surface area contributed by atoms with Crippen molar-refractivity contribution in [3.63, 3.8) is 0 Å². The van der Waals surface area contributed by atoms with Crippen LogP contribution in [0.1, 0.15) is 24.8 Å². The van der Waals surface area contributed by atoms with Crippen molar-refractivity contribution < 1.29 is 8.78 Å². The van der Waals surface area contributed by atoms with Crippen LogP contribution in [0.4, 0.5) is 8.78 Å². The SMILES string of the molecule is Fc1cccc(CN2CCCC3(CCNC3)C2)c1F. The molecule has 1 N–H and O–H groups in total. The lowest BCUT2D eigenvalue weighted by Crippen LogP contribution is -2.44. The van der Waals surface area contributed by atoms with Gasteiger partial charge in [-0.1, -0.05) is 12.1 Å². The molecule has 0 aromatic heterocycles. The molecule has 0 aliphatic carbocycles. The van der Waals surface area contributed by atoms with E-state index < -0.39 is 11.6 Å². The average molecular weight is 266 g/mol. The first-order chi connectivity index (χ1) is 9.19. The molecule has 2 heterocycles. The van der Waals surface area contributed by atoms with E-state index in [-0.39, 0.29) is 0 Å². The molecule has 0 radical (unpaired) electrons. The summed E-state index contributed by atoms with van der Waals surface area (Å²) in [6.07, 6.45) is 3.61. The summed E-state index contributed by atoms with van der Waals surface area (Å²) in [6.45, 7) is 4.65. The fraction of sp³-hybridized carbons (Fsp3) is 0.600. The fourth-order valence-corrected chi connectivity index (χ4v) is 3.50. The number of nitrogens with zero attached hydrogens (tertiary/aromatic N) is 1. The van der Waals surface area contributed by atoms with Crippen molar-refractivity contribution in [1.29, 1.82) is 0 Å². The third-order valence-electron chi connectivity index (χ3n) is 4.50. The van der Waals surface area contributed by atoms with Crippen LogP contribution in [-0.4, -0.2) is 31.1 Å². The molecular weight excluding hydrogens is 246 g/mol. The van der Waals surface area contributed by atoms with Crippen LogP contribution in [0.25, 0.3) is 0 Å². The topological polar surface area (TPSA) is 15.3 Å². The van der Waals surface area contributed by atoms with Gasteiger partial charge in [0.15, 0.2) is 11.6 Å². The first-order valence-electron chi connectivity index (χ1n) is 7.05. The number of piperidine rings is 1. The summed E-state index contributed by atoms with van der Waals surface area (Å²) in [5.74, 6) is -1.43. The lowest BCUT2D eigenvalue weighted by molar-refractivity contribution is 0.0967. The molecule has 3 rings (SSSR count). The highest BCUT2D eigenvalue weighted by Crippen LogP contribution is 2.36. The Bertz CT molecular complexity index is 455. The molecule has 1 aromatic rings. The molecule has 2 fully saturated rings. The summed E-state index contributed by atoms with van der Waals surface area (Å²) in [6, 6.07) is 4.45. The largest absolute Gasteiger partial charge is 0.316 e. The normalized spacial score (nSPS) is 28.1. The van der Waals surface area contributed by atoms with Crippen molar-refractivity contribution in [3.8, 4) is 0 Å². The van der Waals surface area contributed by atoms with Gasteiger partial charge in [-0.15, -0.1) is 0 Å². The molecule has 1 unspecified atom stereocenters. The van der Waals surface area contributed by atoms with Crippen molar-refractivity contribution in [3.05, 3.63) is 35.4 Å². The molecule has 19 heavy (non-hydrogen) atoms. The number of hydrogen-bond acceptors (Lipinski definition) is 2. The second-order valence-electron chi connectivity index (χ2n) is 5.95. The van der Waals surface area contributed by atoms with Gasteiger partial charge in [0, 0.05) is 25.2 Å². The van der Waals surface area contributed by atoms with E-state index in [4.69, 9.17) is 0 Å². The number of halogens is 2. The smallest absolute Gasteiger partial charge is 0.163 e. The predicted molar refractivity (Wildman–Crippen MR) is 70.8 cm³/mol. The highest BCUT2D eigenvalue weighted by atomic mass is 19.2. The van der Waals surface area contributed by atoms with Crippen LogP contribution in [-0.2, 0) is 6.54 Å². The second-order valence-corrected chi connectivity index (χ2v) is 5.95. The van der Waals surface area contributed by atoms with Crippen molar-refractivity contribution >= 4 is 0 Å². The van der Waals surface area contributed by atoms with Gasteiger partial charge >= 0.3 is 0 Å². The van der Waals surface area contributed by atoms with Crippen LogP contribution in [0.3, 0.4) is 0 Å². The Labute approximate surface area is 112 Å². The van der Waals surface area contributed by atoms with Gasteiger partial charge in [-0.25, -0.2) is 8.78 Å². The summed E-state index contributed by atoms with van der Waals surface area (Å²) in [7, 11) is 0. The zero-order valence-corrected chi connectivity index (χ0v) is 11.1. The first-order valence-corrected chi connectivity index (χ1v) is 7.05. The first kappa shape index (κ1) is 13.0. The Balaban J connectivity index is 1.71. The average Bonchev–Trinajstić information content (AvgIpc) is 2.83. The predicted octanol–water partition coefficient (Wildman–Crippen LogP) is 2.54. The van der Waals surface area contributed by atoms with E-state index in [0.29, 0.717) is 17.5 Å². The molecule has 2 aliphatic rings. The number of hydrogen-bond donors (Lipinski definition) is 1. The van der Waals surface area contributed by atoms with Gasteiger partial charge in [-0.3, -0.25) is 4.90 Å². The van der Waals surface area contributed by atoms with Crippen LogP contribution in [0.15, 0.2) is 18.2 Å². The molecule has 2 aliphatic heterocycles.